The number of H-pyrrole nitrogens is 1. The minimum atomic E-state index is -0.622. The topological polar surface area (TPSA) is 71.2 Å². The Hall–Kier alpha value is -1.78. The molecule has 0 fully saturated rings. The summed E-state index contributed by atoms with van der Waals surface area (Å²) in [4.78, 5) is 26.1. The van der Waals surface area contributed by atoms with Crippen molar-refractivity contribution in [3.8, 4) is 0 Å². The monoisotopic (exact) mass is 238 g/mol. The van der Waals surface area contributed by atoms with Crippen LogP contribution in [-0.4, -0.2) is 28.5 Å². The van der Waals surface area contributed by atoms with Gasteiger partial charge in [0.15, 0.2) is 0 Å². The summed E-state index contributed by atoms with van der Waals surface area (Å²) < 4.78 is 5.06. The molecule has 0 aliphatic rings. The first-order valence-electron chi connectivity index (χ1n) is 5.47. The maximum atomic E-state index is 11.8. The molecule has 0 spiro atoms. The van der Waals surface area contributed by atoms with Crippen molar-refractivity contribution in [2.75, 3.05) is 0 Å². The van der Waals surface area contributed by atoms with Gasteiger partial charge in [0.25, 0.3) is 0 Å². The predicted octanol–water partition coefficient (Wildman–Crippen LogP) is 2.11. The van der Waals surface area contributed by atoms with Crippen LogP contribution in [0.3, 0.4) is 0 Å². The van der Waals surface area contributed by atoms with Crippen LogP contribution in [0.4, 0.5) is 4.79 Å². The van der Waals surface area contributed by atoms with Crippen molar-refractivity contribution in [2.24, 2.45) is 0 Å². The first kappa shape index (κ1) is 13.3. The summed E-state index contributed by atoms with van der Waals surface area (Å²) in [5.74, 6) is -0.180. The molecule has 0 aliphatic heterocycles. The van der Waals surface area contributed by atoms with Gasteiger partial charge in [-0.25, -0.2) is 4.79 Å². The fourth-order valence-corrected chi connectivity index (χ4v) is 1.27. The molecule has 1 aromatic heterocycles. The maximum absolute atomic E-state index is 11.8. The highest BCUT2D eigenvalue weighted by atomic mass is 16.6. The lowest BCUT2D eigenvalue weighted by Crippen LogP contribution is -2.41. The third-order valence-electron chi connectivity index (χ3n) is 1.99. The van der Waals surface area contributed by atoms with E-state index in [0.717, 1.165) is 0 Å². The van der Waals surface area contributed by atoms with E-state index < -0.39 is 17.7 Å². The van der Waals surface area contributed by atoms with Gasteiger partial charge in [0.05, 0.1) is 11.7 Å². The zero-order valence-corrected chi connectivity index (χ0v) is 10.5. The number of hydrogen-bond acceptors (Lipinski definition) is 3. The van der Waals surface area contributed by atoms with Crippen LogP contribution in [0.5, 0.6) is 0 Å². The Balaban J connectivity index is 2.52. The van der Waals surface area contributed by atoms with E-state index in [1.807, 2.05) is 0 Å². The second-order valence-corrected chi connectivity index (χ2v) is 4.82. The molecule has 0 saturated carbocycles. The van der Waals surface area contributed by atoms with Gasteiger partial charge >= 0.3 is 6.09 Å². The van der Waals surface area contributed by atoms with Gasteiger partial charge in [-0.3, -0.25) is 4.79 Å². The van der Waals surface area contributed by atoms with E-state index >= 15 is 0 Å². The Bertz CT molecular complexity index is 390. The normalized spacial score (nSPS) is 12.9. The minimum Gasteiger partial charge on any atom is -0.444 e. The highest BCUT2D eigenvalue weighted by Gasteiger charge is 2.21. The number of ketones is 1. The van der Waals surface area contributed by atoms with Gasteiger partial charge in [-0.15, -0.1) is 0 Å². The van der Waals surface area contributed by atoms with Crippen LogP contribution in [0.15, 0.2) is 18.3 Å². The number of nitrogens with one attached hydrogen (secondary N) is 2. The SMILES string of the molecule is C[C@H](NC(=O)OC(C)(C)C)C(=O)c1ccc[nH]1. The summed E-state index contributed by atoms with van der Waals surface area (Å²) in [5.41, 5.74) is -0.104. The third kappa shape index (κ3) is 4.30. The van der Waals surface area contributed by atoms with E-state index in [0.29, 0.717) is 5.69 Å². The number of Topliss-reactive ketones (excluding diaryl/α,β-unsaturated/α-hetero) is 1. The molecular weight excluding hydrogens is 220 g/mol. The second-order valence-electron chi connectivity index (χ2n) is 4.82. The van der Waals surface area contributed by atoms with Gasteiger partial charge < -0.3 is 15.0 Å². The Morgan fingerprint density at radius 2 is 2.06 bits per heavy atom. The number of alkyl carbamates (subject to hydrolysis) is 1. The molecule has 1 rings (SSSR count). The zero-order chi connectivity index (χ0) is 13.1. The first-order chi connectivity index (χ1) is 7.79. The lowest BCUT2D eigenvalue weighted by molar-refractivity contribution is 0.0496. The molecule has 0 saturated heterocycles. The lowest BCUT2D eigenvalue weighted by Gasteiger charge is -2.21. The Labute approximate surface area is 101 Å². The smallest absolute Gasteiger partial charge is 0.408 e. The molecule has 17 heavy (non-hydrogen) atoms. The summed E-state index contributed by atoms with van der Waals surface area (Å²) in [6, 6.07) is 2.77. The molecule has 2 N–H and O–H groups in total. The fourth-order valence-electron chi connectivity index (χ4n) is 1.27. The van der Waals surface area contributed by atoms with E-state index in [9.17, 15) is 9.59 Å². The van der Waals surface area contributed by atoms with Crippen LogP contribution < -0.4 is 5.32 Å². The molecule has 0 bridgehead atoms. The third-order valence-corrected chi connectivity index (χ3v) is 1.99. The van der Waals surface area contributed by atoms with Crippen LogP contribution in [0, 0.1) is 0 Å². The van der Waals surface area contributed by atoms with Gasteiger partial charge in [-0.05, 0) is 39.8 Å². The van der Waals surface area contributed by atoms with Crippen molar-refractivity contribution < 1.29 is 14.3 Å². The Morgan fingerprint density at radius 1 is 1.41 bits per heavy atom. The number of carbonyl (C=O) groups is 2. The van der Waals surface area contributed by atoms with E-state index in [1.165, 1.54) is 0 Å². The minimum absolute atomic E-state index is 0.180. The Kier molecular flexibility index (Phi) is 3.93. The standard InChI is InChI=1S/C12H18N2O3/c1-8(10(15)9-6-5-7-13-9)14-11(16)17-12(2,3)4/h5-8,13H,1-4H3,(H,14,16)/t8-/m0/s1. The Morgan fingerprint density at radius 3 is 2.53 bits per heavy atom. The summed E-state index contributed by atoms with van der Waals surface area (Å²) in [5, 5.41) is 2.49. The van der Waals surface area contributed by atoms with Crippen molar-refractivity contribution >= 4 is 11.9 Å². The van der Waals surface area contributed by atoms with Crippen LogP contribution >= 0.6 is 0 Å². The second kappa shape index (κ2) is 5.03. The van der Waals surface area contributed by atoms with E-state index in [-0.39, 0.29) is 5.78 Å². The number of aromatic amines is 1. The molecule has 1 aromatic rings. The highest BCUT2D eigenvalue weighted by Crippen LogP contribution is 2.07. The van der Waals surface area contributed by atoms with Gasteiger partial charge in [0.2, 0.25) is 5.78 Å². The molecule has 0 aliphatic carbocycles. The highest BCUT2D eigenvalue weighted by molar-refractivity contribution is 5.99. The largest absolute Gasteiger partial charge is 0.444 e. The number of amides is 1. The van der Waals surface area contributed by atoms with Crippen molar-refractivity contribution in [2.45, 2.75) is 39.3 Å². The van der Waals surface area contributed by atoms with Crippen LogP contribution in [0.1, 0.15) is 38.2 Å². The van der Waals surface area contributed by atoms with Crippen LogP contribution in [0.2, 0.25) is 0 Å². The van der Waals surface area contributed by atoms with Crippen molar-refractivity contribution in [3.63, 3.8) is 0 Å². The quantitative estimate of drug-likeness (QED) is 0.792. The molecule has 1 atom stereocenters. The molecule has 0 unspecified atom stereocenters. The summed E-state index contributed by atoms with van der Waals surface area (Å²) in [6.45, 7) is 6.92. The summed E-state index contributed by atoms with van der Waals surface area (Å²) in [7, 11) is 0. The van der Waals surface area contributed by atoms with E-state index in [2.05, 4.69) is 10.3 Å². The summed E-state index contributed by atoms with van der Waals surface area (Å²) >= 11 is 0. The maximum Gasteiger partial charge on any atom is 0.408 e. The van der Waals surface area contributed by atoms with Gasteiger partial charge in [0.1, 0.15) is 5.60 Å². The average Bonchev–Trinajstić information content (AvgIpc) is 2.65. The number of carbonyl (C=O) groups excluding carboxylic acids is 2. The van der Waals surface area contributed by atoms with E-state index in [1.54, 1.807) is 46.0 Å². The van der Waals surface area contributed by atoms with Crippen LogP contribution in [-0.2, 0) is 4.74 Å². The first-order valence-corrected chi connectivity index (χ1v) is 5.47. The van der Waals surface area contributed by atoms with E-state index in [4.69, 9.17) is 4.74 Å². The van der Waals surface area contributed by atoms with Crippen molar-refractivity contribution in [1.82, 2.24) is 10.3 Å². The van der Waals surface area contributed by atoms with Crippen LogP contribution in [0.25, 0.3) is 0 Å². The summed E-state index contributed by atoms with van der Waals surface area (Å²) in [6.07, 6.45) is 1.07. The van der Waals surface area contributed by atoms with Gasteiger partial charge in [-0.1, -0.05) is 0 Å². The molecule has 1 heterocycles. The number of hydrogen-bond donors (Lipinski definition) is 2. The van der Waals surface area contributed by atoms with Gasteiger partial charge in [-0.2, -0.15) is 0 Å². The van der Waals surface area contributed by atoms with Crippen molar-refractivity contribution in [1.29, 1.82) is 0 Å². The molecule has 0 radical (unpaired) electrons. The number of aromatic nitrogens is 1. The van der Waals surface area contributed by atoms with Crippen molar-refractivity contribution in [3.05, 3.63) is 24.0 Å². The molecule has 5 heteroatoms. The predicted molar refractivity (Wildman–Crippen MR) is 64.0 cm³/mol. The number of rotatable bonds is 3. The molecular formula is C12H18N2O3. The molecule has 0 aromatic carbocycles. The average molecular weight is 238 g/mol. The van der Waals surface area contributed by atoms with Gasteiger partial charge in [0, 0.05) is 6.20 Å². The molecule has 94 valence electrons. The molecule has 1 amide bonds. The molecule has 5 nitrogen and oxygen atoms in total. The lowest BCUT2D eigenvalue weighted by atomic mass is 10.1. The fraction of sp³-hybridized carbons (Fsp3) is 0.500. The zero-order valence-electron chi connectivity index (χ0n) is 10.5. The number of ether oxygens (including phenoxy) is 1.